The molecule has 2 aromatic carbocycles. The van der Waals surface area contributed by atoms with Crippen LogP contribution in [0, 0.1) is 0 Å². The number of hydrogen-bond acceptors (Lipinski definition) is 5. The summed E-state index contributed by atoms with van der Waals surface area (Å²) in [5, 5.41) is 15.6. The van der Waals surface area contributed by atoms with Crippen LogP contribution in [-0.4, -0.2) is 52.3 Å². The van der Waals surface area contributed by atoms with Crippen LogP contribution in [0.4, 0.5) is 10.6 Å². The van der Waals surface area contributed by atoms with Crippen molar-refractivity contribution in [3.05, 3.63) is 70.3 Å². The largest absolute Gasteiger partial charge is 0.447 e. The van der Waals surface area contributed by atoms with Crippen LogP contribution in [0.15, 0.2) is 54.7 Å². The molecule has 37 heavy (non-hydrogen) atoms. The summed E-state index contributed by atoms with van der Waals surface area (Å²) in [6.45, 7) is 3.49. The van der Waals surface area contributed by atoms with E-state index in [9.17, 15) is 14.7 Å². The highest BCUT2D eigenvalue weighted by Gasteiger charge is 2.23. The Hall–Kier alpha value is -2.87. The van der Waals surface area contributed by atoms with E-state index in [-0.39, 0.29) is 25.0 Å². The van der Waals surface area contributed by atoms with Crippen LogP contribution in [-0.2, 0) is 16.0 Å². The maximum absolute atomic E-state index is 13.0. The van der Waals surface area contributed by atoms with Crippen molar-refractivity contribution in [1.29, 1.82) is 0 Å². The zero-order valence-electron chi connectivity index (χ0n) is 21.3. The number of amides is 2. The SMILES string of the molecule is CN(C(=O)CCc1cccc(Cl)c1Cl)[C@@H](CCCC(C)(C)O)COC(=O)Nc1cc2ccccc2cn1. The number of aliphatic hydroxyl groups is 1. The average molecular weight is 546 g/mol. The van der Waals surface area contributed by atoms with E-state index in [1.165, 1.54) is 0 Å². The van der Waals surface area contributed by atoms with Gasteiger partial charge in [-0.1, -0.05) is 59.6 Å². The zero-order valence-corrected chi connectivity index (χ0v) is 22.9. The molecule has 7 nitrogen and oxygen atoms in total. The third-order valence-corrected chi connectivity index (χ3v) is 7.03. The van der Waals surface area contributed by atoms with Crippen LogP contribution in [0.5, 0.6) is 0 Å². The quantitative estimate of drug-likeness (QED) is 0.287. The van der Waals surface area contributed by atoms with Crippen molar-refractivity contribution >= 4 is 51.8 Å². The van der Waals surface area contributed by atoms with Crippen LogP contribution in [0.25, 0.3) is 10.8 Å². The molecule has 0 saturated heterocycles. The van der Waals surface area contributed by atoms with Crippen molar-refractivity contribution in [3.8, 4) is 0 Å². The Labute approximate surface area is 227 Å². The minimum atomic E-state index is -0.823. The van der Waals surface area contributed by atoms with Crippen LogP contribution in [0.3, 0.4) is 0 Å². The molecular formula is C28H33Cl2N3O4. The maximum Gasteiger partial charge on any atom is 0.412 e. The van der Waals surface area contributed by atoms with E-state index in [4.69, 9.17) is 27.9 Å². The molecule has 9 heteroatoms. The minimum Gasteiger partial charge on any atom is -0.447 e. The topological polar surface area (TPSA) is 91.8 Å². The maximum atomic E-state index is 13.0. The Balaban J connectivity index is 1.60. The molecule has 0 bridgehead atoms. The molecule has 0 fully saturated rings. The number of carbonyl (C=O) groups excluding carboxylic acids is 2. The van der Waals surface area contributed by atoms with Gasteiger partial charge in [0.1, 0.15) is 12.4 Å². The lowest BCUT2D eigenvalue weighted by atomic mass is 9.99. The molecule has 0 aliphatic rings. The average Bonchev–Trinajstić information content (AvgIpc) is 2.85. The fourth-order valence-electron chi connectivity index (χ4n) is 3.99. The molecule has 2 amide bonds. The Morgan fingerprint density at radius 3 is 2.59 bits per heavy atom. The number of halogens is 2. The van der Waals surface area contributed by atoms with E-state index >= 15 is 0 Å². The number of aryl methyl sites for hydroxylation is 1. The van der Waals surface area contributed by atoms with Crippen LogP contribution in [0.2, 0.25) is 10.0 Å². The fourth-order valence-corrected chi connectivity index (χ4v) is 4.40. The summed E-state index contributed by atoms with van der Waals surface area (Å²) in [7, 11) is 1.70. The molecule has 1 atom stereocenters. The van der Waals surface area contributed by atoms with Gasteiger partial charge in [0.05, 0.1) is 21.7 Å². The molecule has 1 aromatic heterocycles. The lowest BCUT2D eigenvalue weighted by Gasteiger charge is -2.29. The second kappa shape index (κ2) is 13.1. The van der Waals surface area contributed by atoms with Gasteiger partial charge in [-0.2, -0.15) is 0 Å². The van der Waals surface area contributed by atoms with E-state index in [0.717, 1.165) is 16.3 Å². The number of hydrogen-bond donors (Lipinski definition) is 2. The van der Waals surface area contributed by atoms with E-state index in [2.05, 4.69) is 10.3 Å². The number of rotatable bonds is 11. The lowest BCUT2D eigenvalue weighted by molar-refractivity contribution is -0.133. The standard InChI is InChI=1S/C28H33Cl2N3O4/c1-28(2,36)15-7-11-22(33(3)25(34)14-13-19-10-6-12-23(29)26(19)30)18-37-27(35)32-24-16-20-8-4-5-9-21(20)17-31-24/h4-6,8-10,12,16-17,22,36H,7,11,13-15,18H2,1-3H3,(H,31,32,35)/t22-/m0/s1. The molecule has 0 aliphatic heterocycles. The summed E-state index contributed by atoms with van der Waals surface area (Å²) in [6.07, 6.45) is 3.47. The van der Waals surface area contributed by atoms with Gasteiger partial charge >= 0.3 is 6.09 Å². The highest BCUT2D eigenvalue weighted by molar-refractivity contribution is 6.42. The van der Waals surface area contributed by atoms with Gasteiger partial charge in [-0.3, -0.25) is 10.1 Å². The number of anilines is 1. The van der Waals surface area contributed by atoms with Gasteiger partial charge in [0, 0.05) is 25.1 Å². The van der Waals surface area contributed by atoms with E-state index in [1.54, 1.807) is 50.2 Å². The minimum absolute atomic E-state index is 0.00539. The second-order valence-electron chi connectivity index (χ2n) is 9.72. The van der Waals surface area contributed by atoms with Crippen molar-refractivity contribution in [2.75, 3.05) is 19.0 Å². The molecular weight excluding hydrogens is 513 g/mol. The van der Waals surface area contributed by atoms with Crippen molar-refractivity contribution in [1.82, 2.24) is 9.88 Å². The summed E-state index contributed by atoms with van der Waals surface area (Å²) in [6, 6.07) is 14.5. The van der Waals surface area contributed by atoms with Crippen molar-refractivity contribution in [2.45, 2.75) is 57.6 Å². The summed E-state index contributed by atoms with van der Waals surface area (Å²) in [5.41, 5.74) is -0.0239. The number of aromatic nitrogens is 1. The van der Waals surface area contributed by atoms with Gasteiger partial charge in [-0.25, -0.2) is 9.78 Å². The monoisotopic (exact) mass is 545 g/mol. The predicted molar refractivity (Wildman–Crippen MR) is 148 cm³/mol. The number of nitrogens with zero attached hydrogens (tertiary/aromatic N) is 2. The Bertz CT molecular complexity index is 1230. The van der Waals surface area contributed by atoms with Crippen molar-refractivity contribution < 1.29 is 19.4 Å². The summed E-state index contributed by atoms with van der Waals surface area (Å²) in [5.74, 6) is 0.273. The predicted octanol–water partition coefficient (Wildman–Crippen LogP) is 6.49. The summed E-state index contributed by atoms with van der Waals surface area (Å²) >= 11 is 12.4. The number of pyridine rings is 1. The van der Waals surface area contributed by atoms with Crippen LogP contribution < -0.4 is 5.32 Å². The van der Waals surface area contributed by atoms with Gasteiger partial charge < -0.3 is 14.7 Å². The van der Waals surface area contributed by atoms with Gasteiger partial charge in [-0.05, 0) is 62.6 Å². The van der Waals surface area contributed by atoms with Gasteiger partial charge in [0.25, 0.3) is 0 Å². The smallest absolute Gasteiger partial charge is 0.412 e. The normalized spacial score (nSPS) is 12.3. The molecule has 0 saturated carbocycles. The van der Waals surface area contributed by atoms with E-state index < -0.39 is 11.7 Å². The number of nitrogens with one attached hydrogen (secondary N) is 1. The van der Waals surface area contributed by atoms with E-state index in [1.807, 2.05) is 30.3 Å². The molecule has 0 radical (unpaired) electrons. The molecule has 0 spiro atoms. The summed E-state index contributed by atoms with van der Waals surface area (Å²) < 4.78 is 5.49. The third kappa shape index (κ3) is 8.88. The van der Waals surface area contributed by atoms with Gasteiger partial charge in [-0.15, -0.1) is 0 Å². The van der Waals surface area contributed by atoms with Crippen LogP contribution >= 0.6 is 23.2 Å². The van der Waals surface area contributed by atoms with Gasteiger partial charge in [0.2, 0.25) is 5.91 Å². The number of benzene rings is 2. The summed E-state index contributed by atoms with van der Waals surface area (Å²) in [4.78, 5) is 31.4. The number of ether oxygens (including phenoxy) is 1. The lowest BCUT2D eigenvalue weighted by Crippen LogP contribution is -2.41. The highest BCUT2D eigenvalue weighted by Crippen LogP contribution is 2.27. The van der Waals surface area contributed by atoms with Crippen LogP contribution in [0.1, 0.15) is 45.1 Å². The number of likely N-dealkylation sites (N-methyl/N-ethyl adjacent to an activating group) is 1. The molecule has 2 N–H and O–H groups in total. The Morgan fingerprint density at radius 2 is 1.86 bits per heavy atom. The first-order valence-electron chi connectivity index (χ1n) is 12.2. The molecule has 1 heterocycles. The van der Waals surface area contributed by atoms with Gasteiger partial charge in [0.15, 0.2) is 0 Å². The zero-order chi connectivity index (χ0) is 27.0. The first kappa shape index (κ1) is 28.7. The van der Waals surface area contributed by atoms with Crippen molar-refractivity contribution in [2.24, 2.45) is 0 Å². The van der Waals surface area contributed by atoms with Crippen molar-refractivity contribution in [3.63, 3.8) is 0 Å². The first-order chi connectivity index (χ1) is 17.5. The second-order valence-corrected chi connectivity index (χ2v) is 10.5. The molecule has 3 rings (SSSR count). The number of fused-ring (bicyclic) bond motifs is 1. The Kier molecular flexibility index (Phi) is 10.1. The third-order valence-electron chi connectivity index (χ3n) is 6.17. The Morgan fingerprint density at radius 1 is 1.14 bits per heavy atom. The number of carbonyl (C=O) groups is 2. The molecule has 3 aromatic rings. The fraction of sp³-hybridized carbons (Fsp3) is 0.393. The first-order valence-corrected chi connectivity index (χ1v) is 13.0. The molecule has 0 aliphatic carbocycles. The molecule has 198 valence electrons. The van der Waals surface area contributed by atoms with E-state index in [0.29, 0.717) is 41.5 Å². The highest BCUT2D eigenvalue weighted by atomic mass is 35.5. The molecule has 0 unspecified atom stereocenters.